The molecule has 0 aliphatic heterocycles. The highest BCUT2D eigenvalue weighted by Crippen LogP contribution is 2.17. The van der Waals surface area contributed by atoms with Crippen molar-refractivity contribution in [3.05, 3.63) is 0 Å². The third-order valence-corrected chi connectivity index (χ3v) is 4.93. The minimum absolute atomic E-state index is 0.0870. The molecule has 0 saturated heterocycles. The maximum Gasteiger partial charge on any atom is 0.325 e. The Hall–Kier alpha value is -0.480. The van der Waals surface area contributed by atoms with Crippen molar-refractivity contribution in [3.63, 3.8) is 0 Å². The van der Waals surface area contributed by atoms with E-state index in [1.54, 1.807) is 0 Å². The SMILES string of the molecule is CCCCCCCOC(=O)CC(Cl)C(Cl)C(=O)OCCCCCCC. The normalized spacial score (nSPS) is 13.3. The molecule has 0 rings (SSSR count). The Morgan fingerprint density at radius 2 is 1.24 bits per heavy atom. The summed E-state index contributed by atoms with van der Waals surface area (Å²) in [5.74, 6) is -0.988. The van der Waals surface area contributed by atoms with E-state index in [0.717, 1.165) is 38.5 Å². The van der Waals surface area contributed by atoms with Crippen molar-refractivity contribution in [1.82, 2.24) is 0 Å². The Kier molecular flexibility index (Phi) is 16.6. The van der Waals surface area contributed by atoms with Crippen LogP contribution in [-0.4, -0.2) is 35.9 Å². The topological polar surface area (TPSA) is 52.6 Å². The molecule has 25 heavy (non-hydrogen) atoms. The largest absolute Gasteiger partial charge is 0.466 e. The minimum Gasteiger partial charge on any atom is -0.466 e. The van der Waals surface area contributed by atoms with Crippen LogP contribution in [-0.2, 0) is 19.1 Å². The molecule has 0 aliphatic carbocycles. The molecule has 0 heterocycles. The molecule has 2 unspecified atom stereocenters. The van der Waals surface area contributed by atoms with Crippen molar-refractivity contribution in [2.75, 3.05) is 13.2 Å². The second-order valence-corrected chi connectivity index (χ2v) is 7.37. The summed E-state index contributed by atoms with van der Waals surface area (Å²) < 4.78 is 10.2. The molecule has 2 atom stereocenters. The van der Waals surface area contributed by atoms with Crippen LogP contribution in [0.25, 0.3) is 0 Å². The Bertz CT molecular complexity index is 350. The maximum atomic E-state index is 11.8. The molecule has 0 N–H and O–H groups in total. The van der Waals surface area contributed by atoms with Gasteiger partial charge in [0.05, 0.1) is 25.0 Å². The predicted octanol–water partition coefficient (Wildman–Crippen LogP) is 5.62. The lowest BCUT2D eigenvalue weighted by Gasteiger charge is -2.15. The minimum atomic E-state index is -1.03. The standard InChI is InChI=1S/C19H34Cl2O4/c1-3-5-7-9-11-13-24-17(22)15-16(20)18(21)19(23)25-14-12-10-8-6-4-2/h16,18H,3-15H2,1-2H3. The van der Waals surface area contributed by atoms with E-state index in [-0.39, 0.29) is 6.42 Å². The van der Waals surface area contributed by atoms with Gasteiger partial charge in [0.1, 0.15) is 5.38 Å². The summed E-state index contributed by atoms with van der Waals surface area (Å²) in [6, 6.07) is 0. The summed E-state index contributed by atoms with van der Waals surface area (Å²) in [5, 5.41) is -1.85. The fourth-order valence-corrected chi connectivity index (χ4v) is 2.70. The first-order valence-corrected chi connectivity index (χ1v) is 10.5. The van der Waals surface area contributed by atoms with Gasteiger partial charge in [-0.1, -0.05) is 65.2 Å². The van der Waals surface area contributed by atoms with Crippen molar-refractivity contribution < 1.29 is 19.1 Å². The molecule has 0 aliphatic rings. The first-order valence-electron chi connectivity index (χ1n) is 9.63. The number of halogens is 2. The molecule has 0 saturated carbocycles. The lowest BCUT2D eigenvalue weighted by molar-refractivity contribution is -0.145. The zero-order chi connectivity index (χ0) is 18.9. The third-order valence-electron chi connectivity index (χ3n) is 3.91. The fourth-order valence-electron chi connectivity index (χ4n) is 2.32. The van der Waals surface area contributed by atoms with E-state index in [1.807, 2.05) is 0 Å². The van der Waals surface area contributed by atoms with Gasteiger partial charge >= 0.3 is 11.9 Å². The molecule has 0 bridgehead atoms. The lowest BCUT2D eigenvalue weighted by atomic mass is 10.2. The summed E-state index contributed by atoms with van der Waals surface area (Å²) in [7, 11) is 0. The average Bonchev–Trinajstić information content (AvgIpc) is 2.60. The average molecular weight is 397 g/mol. The number of ether oxygens (including phenoxy) is 2. The quantitative estimate of drug-likeness (QED) is 0.193. The smallest absolute Gasteiger partial charge is 0.325 e. The van der Waals surface area contributed by atoms with Gasteiger partial charge in [-0.3, -0.25) is 9.59 Å². The van der Waals surface area contributed by atoms with E-state index in [2.05, 4.69) is 13.8 Å². The van der Waals surface area contributed by atoms with Gasteiger partial charge in [0, 0.05) is 0 Å². The molecular weight excluding hydrogens is 363 g/mol. The van der Waals surface area contributed by atoms with Crippen LogP contribution < -0.4 is 0 Å². The van der Waals surface area contributed by atoms with E-state index >= 15 is 0 Å². The zero-order valence-corrected chi connectivity index (χ0v) is 17.2. The van der Waals surface area contributed by atoms with Gasteiger partial charge in [-0.2, -0.15) is 0 Å². The van der Waals surface area contributed by atoms with Crippen molar-refractivity contribution in [3.8, 4) is 0 Å². The Balaban J connectivity index is 3.78. The van der Waals surface area contributed by atoms with Gasteiger partial charge in [-0.15, -0.1) is 23.2 Å². The van der Waals surface area contributed by atoms with Gasteiger partial charge in [0.25, 0.3) is 0 Å². The summed E-state index contributed by atoms with van der Waals surface area (Å²) in [4.78, 5) is 23.5. The van der Waals surface area contributed by atoms with Gasteiger partial charge in [0.15, 0.2) is 0 Å². The fraction of sp³-hybridized carbons (Fsp3) is 0.895. The first kappa shape index (κ1) is 24.5. The monoisotopic (exact) mass is 396 g/mol. The maximum absolute atomic E-state index is 11.8. The molecular formula is C19H34Cl2O4. The molecule has 0 fully saturated rings. The first-order chi connectivity index (χ1) is 12.0. The molecule has 0 spiro atoms. The zero-order valence-electron chi connectivity index (χ0n) is 15.7. The lowest BCUT2D eigenvalue weighted by Crippen LogP contribution is -2.30. The highest BCUT2D eigenvalue weighted by molar-refractivity contribution is 6.37. The number of esters is 2. The number of rotatable bonds is 16. The Morgan fingerprint density at radius 1 is 0.760 bits per heavy atom. The molecule has 0 radical (unpaired) electrons. The van der Waals surface area contributed by atoms with Crippen LogP contribution in [0.3, 0.4) is 0 Å². The van der Waals surface area contributed by atoms with E-state index in [9.17, 15) is 9.59 Å². The van der Waals surface area contributed by atoms with Gasteiger partial charge in [-0.05, 0) is 12.8 Å². The summed E-state index contributed by atoms with van der Waals surface area (Å²) in [5.41, 5.74) is 0. The predicted molar refractivity (Wildman–Crippen MR) is 103 cm³/mol. The molecule has 148 valence electrons. The number of carbonyl (C=O) groups is 2. The number of carbonyl (C=O) groups excluding carboxylic acids is 2. The second-order valence-electron chi connectivity index (χ2n) is 6.34. The summed E-state index contributed by atoms with van der Waals surface area (Å²) in [6.07, 6.45) is 10.7. The third kappa shape index (κ3) is 14.4. The van der Waals surface area contributed by atoms with Crippen molar-refractivity contribution in [2.45, 2.75) is 95.2 Å². The van der Waals surface area contributed by atoms with E-state index in [1.165, 1.54) is 25.7 Å². The second kappa shape index (κ2) is 17.0. The van der Waals surface area contributed by atoms with Crippen LogP contribution in [0, 0.1) is 0 Å². The van der Waals surface area contributed by atoms with E-state index < -0.39 is 22.7 Å². The van der Waals surface area contributed by atoms with Crippen molar-refractivity contribution in [2.24, 2.45) is 0 Å². The van der Waals surface area contributed by atoms with Gasteiger partial charge in [0.2, 0.25) is 0 Å². The van der Waals surface area contributed by atoms with Crippen LogP contribution in [0.5, 0.6) is 0 Å². The van der Waals surface area contributed by atoms with E-state index in [4.69, 9.17) is 32.7 Å². The van der Waals surface area contributed by atoms with Crippen LogP contribution in [0.15, 0.2) is 0 Å². The highest BCUT2D eigenvalue weighted by atomic mass is 35.5. The van der Waals surface area contributed by atoms with Crippen LogP contribution in [0.4, 0.5) is 0 Å². The molecule has 0 amide bonds. The van der Waals surface area contributed by atoms with Crippen LogP contribution >= 0.6 is 23.2 Å². The number of alkyl halides is 2. The number of hydrogen-bond acceptors (Lipinski definition) is 4. The van der Waals surface area contributed by atoms with Crippen molar-refractivity contribution >= 4 is 35.1 Å². The van der Waals surface area contributed by atoms with Gasteiger partial charge < -0.3 is 9.47 Å². The molecule has 6 heteroatoms. The summed E-state index contributed by atoms with van der Waals surface area (Å²) >= 11 is 12.0. The highest BCUT2D eigenvalue weighted by Gasteiger charge is 2.28. The van der Waals surface area contributed by atoms with Crippen LogP contribution in [0.1, 0.15) is 84.5 Å². The Labute approximate surface area is 162 Å². The number of unbranched alkanes of at least 4 members (excludes halogenated alkanes) is 8. The molecule has 0 aromatic heterocycles. The Morgan fingerprint density at radius 3 is 1.76 bits per heavy atom. The summed E-state index contributed by atoms with van der Waals surface area (Å²) in [6.45, 7) is 5.04. The van der Waals surface area contributed by atoms with Crippen molar-refractivity contribution in [1.29, 1.82) is 0 Å². The van der Waals surface area contributed by atoms with Crippen LogP contribution in [0.2, 0.25) is 0 Å². The molecule has 0 aromatic rings. The molecule has 4 nitrogen and oxygen atoms in total. The van der Waals surface area contributed by atoms with E-state index in [0.29, 0.717) is 13.2 Å². The molecule has 0 aromatic carbocycles. The number of hydrogen-bond donors (Lipinski definition) is 0. The van der Waals surface area contributed by atoms with Gasteiger partial charge in [-0.25, -0.2) is 0 Å².